The molecule has 0 saturated carbocycles. The summed E-state index contributed by atoms with van der Waals surface area (Å²) in [5.41, 5.74) is 0.652. The minimum Gasteiger partial charge on any atom is -0.344 e. The minimum atomic E-state index is -0.391. The van der Waals surface area contributed by atoms with Crippen molar-refractivity contribution in [3.63, 3.8) is 0 Å². The number of rotatable bonds is 3. The highest BCUT2D eigenvalue weighted by Crippen LogP contribution is 2.13. The van der Waals surface area contributed by atoms with Crippen molar-refractivity contribution in [2.24, 2.45) is 7.05 Å². The molecule has 2 aromatic rings. The first-order chi connectivity index (χ1) is 9.47. The summed E-state index contributed by atoms with van der Waals surface area (Å²) in [5.74, 6) is -0.718. The summed E-state index contributed by atoms with van der Waals surface area (Å²) in [4.78, 5) is 23.2. The van der Waals surface area contributed by atoms with Crippen LogP contribution in [0.2, 0.25) is 0 Å². The van der Waals surface area contributed by atoms with E-state index in [1.165, 1.54) is 31.3 Å². The number of amides is 1. The number of halogens is 1. The second kappa shape index (κ2) is 5.64. The highest BCUT2D eigenvalue weighted by molar-refractivity contribution is 5.92. The quantitative estimate of drug-likeness (QED) is 0.921. The Hall–Kier alpha value is -2.50. The second-order valence-corrected chi connectivity index (χ2v) is 4.43. The summed E-state index contributed by atoms with van der Waals surface area (Å²) in [5, 5.41) is 6.60. The first-order valence-corrected chi connectivity index (χ1v) is 6.08. The molecule has 104 valence electrons. The number of carbonyl (C=O) groups is 1. The second-order valence-electron chi connectivity index (χ2n) is 4.43. The van der Waals surface area contributed by atoms with Gasteiger partial charge in [0.05, 0.1) is 6.04 Å². The van der Waals surface area contributed by atoms with Gasteiger partial charge in [-0.2, -0.15) is 5.10 Å². The molecule has 0 aliphatic carbocycles. The fraction of sp³-hybridized carbons (Fsp3) is 0.214. The molecule has 0 bridgehead atoms. The summed E-state index contributed by atoms with van der Waals surface area (Å²) in [6.07, 6.45) is 0. The molecule has 1 unspecified atom stereocenters. The highest BCUT2D eigenvalue weighted by Gasteiger charge is 2.13. The first kappa shape index (κ1) is 13.9. The number of aromatic nitrogens is 2. The summed E-state index contributed by atoms with van der Waals surface area (Å²) < 4.78 is 13.9. The Balaban J connectivity index is 2.12. The lowest BCUT2D eigenvalue weighted by Crippen LogP contribution is -2.30. The molecule has 2 rings (SSSR count). The lowest BCUT2D eigenvalue weighted by molar-refractivity contribution is 0.0932. The Morgan fingerprint density at radius 1 is 1.25 bits per heavy atom. The molecule has 0 saturated heterocycles. The maximum atomic E-state index is 12.8. The Kier molecular flexibility index (Phi) is 3.93. The van der Waals surface area contributed by atoms with Crippen LogP contribution >= 0.6 is 0 Å². The number of carbonyl (C=O) groups excluding carboxylic acids is 1. The zero-order chi connectivity index (χ0) is 14.7. The lowest BCUT2D eigenvalue weighted by Gasteiger charge is -2.14. The topological polar surface area (TPSA) is 64.0 Å². The lowest BCUT2D eigenvalue weighted by atomic mass is 10.1. The highest BCUT2D eigenvalue weighted by atomic mass is 19.1. The van der Waals surface area contributed by atoms with E-state index in [4.69, 9.17) is 0 Å². The Labute approximate surface area is 115 Å². The van der Waals surface area contributed by atoms with E-state index < -0.39 is 5.91 Å². The van der Waals surface area contributed by atoms with E-state index in [-0.39, 0.29) is 23.1 Å². The molecule has 1 N–H and O–H groups in total. The van der Waals surface area contributed by atoms with Crippen molar-refractivity contribution in [1.29, 1.82) is 0 Å². The van der Waals surface area contributed by atoms with Crippen LogP contribution in [-0.2, 0) is 7.05 Å². The van der Waals surface area contributed by atoms with Crippen molar-refractivity contribution in [3.8, 4) is 0 Å². The van der Waals surface area contributed by atoms with E-state index >= 15 is 0 Å². The molecular formula is C14H14FN3O2. The van der Waals surface area contributed by atoms with Crippen LogP contribution in [0.1, 0.15) is 29.0 Å². The van der Waals surface area contributed by atoms with Gasteiger partial charge in [-0.3, -0.25) is 9.59 Å². The average molecular weight is 275 g/mol. The first-order valence-electron chi connectivity index (χ1n) is 6.08. The third kappa shape index (κ3) is 3.09. The van der Waals surface area contributed by atoms with Gasteiger partial charge in [0.15, 0.2) is 0 Å². The van der Waals surface area contributed by atoms with Crippen LogP contribution in [0.5, 0.6) is 0 Å². The van der Waals surface area contributed by atoms with Gasteiger partial charge in [0.25, 0.3) is 11.5 Å². The summed E-state index contributed by atoms with van der Waals surface area (Å²) in [6.45, 7) is 1.78. The molecule has 0 radical (unpaired) electrons. The Morgan fingerprint density at radius 3 is 2.50 bits per heavy atom. The zero-order valence-electron chi connectivity index (χ0n) is 11.1. The van der Waals surface area contributed by atoms with E-state index in [1.807, 2.05) is 0 Å². The van der Waals surface area contributed by atoms with E-state index in [0.717, 1.165) is 10.2 Å². The van der Waals surface area contributed by atoms with E-state index in [1.54, 1.807) is 19.1 Å². The van der Waals surface area contributed by atoms with Crippen LogP contribution in [0.4, 0.5) is 4.39 Å². The van der Waals surface area contributed by atoms with Crippen LogP contribution in [0.15, 0.2) is 41.2 Å². The molecule has 20 heavy (non-hydrogen) atoms. The van der Waals surface area contributed by atoms with Crippen molar-refractivity contribution >= 4 is 5.91 Å². The maximum absolute atomic E-state index is 12.8. The Morgan fingerprint density at radius 2 is 1.90 bits per heavy atom. The van der Waals surface area contributed by atoms with Gasteiger partial charge in [0, 0.05) is 13.1 Å². The van der Waals surface area contributed by atoms with Crippen LogP contribution in [0, 0.1) is 5.82 Å². The van der Waals surface area contributed by atoms with Crippen LogP contribution in [-0.4, -0.2) is 15.7 Å². The van der Waals surface area contributed by atoms with Gasteiger partial charge < -0.3 is 5.32 Å². The number of nitrogens with one attached hydrogen (secondary N) is 1. The average Bonchev–Trinajstić information content (AvgIpc) is 2.42. The molecule has 0 aliphatic heterocycles. The molecular weight excluding hydrogens is 261 g/mol. The van der Waals surface area contributed by atoms with Gasteiger partial charge in [-0.15, -0.1) is 0 Å². The predicted molar refractivity (Wildman–Crippen MR) is 71.8 cm³/mol. The molecule has 1 atom stereocenters. The number of benzene rings is 1. The normalized spacial score (nSPS) is 11.9. The minimum absolute atomic E-state index is 0.154. The number of hydrogen-bond donors (Lipinski definition) is 1. The fourth-order valence-electron chi connectivity index (χ4n) is 1.73. The monoisotopic (exact) mass is 275 g/mol. The van der Waals surface area contributed by atoms with Gasteiger partial charge in [-0.1, -0.05) is 12.1 Å². The van der Waals surface area contributed by atoms with Crippen molar-refractivity contribution in [1.82, 2.24) is 15.1 Å². The largest absolute Gasteiger partial charge is 0.344 e. The SMILES string of the molecule is CC(NC(=O)c1ccc(=O)n(C)n1)c1ccc(F)cc1. The number of hydrogen-bond acceptors (Lipinski definition) is 3. The standard InChI is InChI=1S/C14H14FN3O2/c1-9(10-3-5-11(15)6-4-10)16-14(20)12-7-8-13(19)18(2)17-12/h3-9H,1-2H3,(H,16,20). The Bertz CT molecular complexity index is 680. The van der Waals surface area contributed by atoms with Gasteiger partial charge in [0.1, 0.15) is 11.5 Å². The van der Waals surface area contributed by atoms with Crippen LogP contribution in [0.25, 0.3) is 0 Å². The molecule has 1 aromatic carbocycles. The van der Waals surface area contributed by atoms with Gasteiger partial charge >= 0.3 is 0 Å². The van der Waals surface area contributed by atoms with E-state index in [2.05, 4.69) is 10.4 Å². The molecule has 1 heterocycles. The van der Waals surface area contributed by atoms with E-state index in [9.17, 15) is 14.0 Å². The van der Waals surface area contributed by atoms with Crippen LogP contribution in [0.3, 0.4) is 0 Å². The van der Waals surface area contributed by atoms with Crippen LogP contribution < -0.4 is 10.9 Å². The fourth-order valence-corrected chi connectivity index (χ4v) is 1.73. The molecule has 6 heteroatoms. The number of aryl methyl sites for hydroxylation is 1. The predicted octanol–water partition coefficient (Wildman–Crippen LogP) is 1.41. The molecule has 5 nitrogen and oxygen atoms in total. The molecule has 1 amide bonds. The van der Waals surface area contributed by atoms with E-state index in [0.29, 0.717) is 0 Å². The molecule has 0 aliphatic rings. The third-order valence-corrected chi connectivity index (χ3v) is 2.91. The van der Waals surface area contributed by atoms with Crippen molar-refractivity contribution in [2.45, 2.75) is 13.0 Å². The van der Waals surface area contributed by atoms with Gasteiger partial charge in [0.2, 0.25) is 0 Å². The van der Waals surface area contributed by atoms with Crippen molar-refractivity contribution in [3.05, 3.63) is 63.8 Å². The molecule has 1 aromatic heterocycles. The summed E-state index contributed by atoms with van der Waals surface area (Å²) >= 11 is 0. The summed E-state index contributed by atoms with van der Waals surface area (Å²) in [7, 11) is 1.47. The van der Waals surface area contributed by atoms with Gasteiger partial charge in [-0.25, -0.2) is 9.07 Å². The maximum Gasteiger partial charge on any atom is 0.272 e. The smallest absolute Gasteiger partial charge is 0.272 e. The number of nitrogens with zero attached hydrogens (tertiary/aromatic N) is 2. The zero-order valence-corrected chi connectivity index (χ0v) is 11.1. The van der Waals surface area contributed by atoms with Gasteiger partial charge in [-0.05, 0) is 30.7 Å². The summed E-state index contributed by atoms with van der Waals surface area (Å²) in [6, 6.07) is 8.25. The molecule has 0 spiro atoms. The van der Waals surface area contributed by atoms with Crippen molar-refractivity contribution < 1.29 is 9.18 Å². The molecule has 0 fully saturated rings. The third-order valence-electron chi connectivity index (χ3n) is 2.91. The van der Waals surface area contributed by atoms with Crippen molar-refractivity contribution in [2.75, 3.05) is 0 Å².